The van der Waals surface area contributed by atoms with E-state index in [9.17, 15) is 8.78 Å². The summed E-state index contributed by atoms with van der Waals surface area (Å²) < 4.78 is 32.1. The van der Waals surface area contributed by atoms with Crippen LogP contribution in [0.2, 0.25) is 0 Å². The van der Waals surface area contributed by atoms with Gasteiger partial charge in [0, 0.05) is 18.0 Å². The highest BCUT2D eigenvalue weighted by molar-refractivity contribution is 5.46. The van der Waals surface area contributed by atoms with E-state index in [-0.39, 0.29) is 6.04 Å². The van der Waals surface area contributed by atoms with Gasteiger partial charge >= 0.3 is 0 Å². The first-order valence-electron chi connectivity index (χ1n) is 7.05. The lowest BCUT2D eigenvalue weighted by Gasteiger charge is -2.19. The van der Waals surface area contributed by atoms with Gasteiger partial charge in [0.2, 0.25) is 0 Å². The fourth-order valence-corrected chi connectivity index (χ4v) is 2.78. The second kappa shape index (κ2) is 5.82. The van der Waals surface area contributed by atoms with E-state index in [0.717, 1.165) is 23.3 Å². The molecule has 0 amide bonds. The Bertz CT molecular complexity index is 657. The van der Waals surface area contributed by atoms with E-state index >= 15 is 0 Å². The number of halogens is 2. The maximum atomic E-state index is 13.3. The average Bonchev–Trinajstić information content (AvgIpc) is 2.97. The van der Waals surface area contributed by atoms with E-state index in [4.69, 9.17) is 4.74 Å². The van der Waals surface area contributed by atoms with Crippen LogP contribution in [0.3, 0.4) is 0 Å². The molecule has 2 aromatic carbocycles. The van der Waals surface area contributed by atoms with Crippen molar-refractivity contribution in [1.29, 1.82) is 0 Å². The molecule has 0 spiro atoms. The molecule has 21 heavy (non-hydrogen) atoms. The number of fused-ring (bicyclic) bond motifs is 1. The summed E-state index contributed by atoms with van der Waals surface area (Å²) in [5, 5.41) is 3.23. The minimum atomic E-state index is -0.816. The predicted molar refractivity (Wildman–Crippen MR) is 77.5 cm³/mol. The van der Waals surface area contributed by atoms with Crippen molar-refractivity contribution in [2.45, 2.75) is 18.9 Å². The summed E-state index contributed by atoms with van der Waals surface area (Å²) in [6.07, 6.45) is 1.50. The quantitative estimate of drug-likeness (QED) is 0.931. The molecule has 4 heteroatoms. The van der Waals surface area contributed by atoms with Crippen molar-refractivity contribution in [2.75, 3.05) is 13.7 Å². The van der Waals surface area contributed by atoms with Crippen LogP contribution in [-0.2, 0) is 12.8 Å². The van der Waals surface area contributed by atoms with Gasteiger partial charge in [0.05, 0.1) is 6.61 Å². The summed E-state index contributed by atoms with van der Waals surface area (Å²) in [5.41, 5.74) is 3.03. The zero-order chi connectivity index (χ0) is 14.8. The summed E-state index contributed by atoms with van der Waals surface area (Å²) in [6, 6.07) is 10.1. The molecule has 2 nitrogen and oxygen atoms in total. The molecule has 110 valence electrons. The van der Waals surface area contributed by atoms with Gasteiger partial charge < -0.3 is 10.1 Å². The Hall–Kier alpha value is -1.94. The molecule has 0 fully saturated rings. The van der Waals surface area contributed by atoms with E-state index in [1.165, 1.54) is 17.7 Å². The summed E-state index contributed by atoms with van der Waals surface area (Å²) >= 11 is 0. The van der Waals surface area contributed by atoms with Crippen LogP contribution in [0.5, 0.6) is 5.75 Å². The van der Waals surface area contributed by atoms with Crippen LogP contribution in [0, 0.1) is 11.6 Å². The van der Waals surface area contributed by atoms with Crippen molar-refractivity contribution in [3.63, 3.8) is 0 Å². The minimum Gasteiger partial charge on any atom is -0.493 e. The Morgan fingerprint density at radius 2 is 2.05 bits per heavy atom. The van der Waals surface area contributed by atoms with Gasteiger partial charge in [-0.3, -0.25) is 0 Å². The van der Waals surface area contributed by atoms with Crippen molar-refractivity contribution in [3.8, 4) is 5.75 Å². The number of para-hydroxylation sites is 1. The molecule has 1 aliphatic heterocycles. The normalized spacial score (nSPS) is 14.6. The average molecular weight is 289 g/mol. The number of likely N-dealkylation sites (N-methyl/N-ethyl adjacent to an activating group) is 1. The Labute approximate surface area is 122 Å². The molecule has 0 aromatic heterocycles. The molecule has 0 saturated carbocycles. The minimum absolute atomic E-state index is 0.00270. The van der Waals surface area contributed by atoms with Gasteiger partial charge in [-0.25, -0.2) is 8.78 Å². The van der Waals surface area contributed by atoms with Crippen molar-refractivity contribution in [2.24, 2.45) is 0 Å². The molecular weight excluding hydrogens is 272 g/mol. The summed E-state index contributed by atoms with van der Waals surface area (Å²) in [7, 11) is 1.86. The van der Waals surface area contributed by atoms with Crippen molar-refractivity contribution in [1.82, 2.24) is 5.32 Å². The molecule has 1 heterocycles. The van der Waals surface area contributed by atoms with Crippen LogP contribution < -0.4 is 10.1 Å². The van der Waals surface area contributed by atoms with Crippen LogP contribution in [0.4, 0.5) is 8.78 Å². The number of hydrogen-bond donors (Lipinski definition) is 1. The molecule has 3 rings (SSSR count). The second-order valence-corrected chi connectivity index (χ2v) is 5.23. The van der Waals surface area contributed by atoms with Crippen LogP contribution >= 0.6 is 0 Å². The Kier molecular flexibility index (Phi) is 3.88. The van der Waals surface area contributed by atoms with E-state index < -0.39 is 11.6 Å². The number of hydrogen-bond acceptors (Lipinski definition) is 2. The largest absolute Gasteiger partial charge is 0.493 e. The zero-order valence-corrected chi connectivity index (χ0v) is 11.8. The third-order valence-electron chi connectivity index (χ3n) is 3.89. The van der Waals surface area contributed by atoms with Crippen LogP contribution in [0.1, 0.15) is 22.7 Å². The Balaban J connectivity index is 1.89. The fourth-order valence-electron chi connectivity index (χ4n) is 2.78. The highest BCUT2D eigenvalue weighted by Gasteiger charge is 2.21. The SMILES string of the molecule is CNC(Cc1ccc(F)c(F)c1)c1cccc2c1OCC2. The monoisotopic (exact) mass is 289 g/mol. The Morgan fingerprint density at radius 3 is 2.81 bits per heavy atom. The van der Waals surface area contributed by atoms with Crippen LogP contribution in [0.25, 0.3) is 0 Å². The Morgan fingerprint density at radius 1 is 1.19 bits per heavy atom. The van der Waals surface area contributed by atoms with Gasteiger partial charge in [0.25, 0.3) is 0 Å². The standard InChI is InChI=1S/C17H17F2NO/c1-20-16(10-11-5-6-14(18)15(19)9-11)13-4-2-3-12-7-8-21-17(12)13/h2-6,9,16,20H,7-8,10H2,1H3. The highest BCUT2D eigenvalue weighted by Crippen LogP contribution is 2.34. The van der Waals surface area contributed by atoms with Gasteiger partial charge in [0.1, 0.15) is 5.75 Å². The third kappa shape index (κ3) is 2.76. The first-order valence-corrected chi connectivity index (χ1v) is 7.05. The lowest BCUT2D eigenvalue weighted by atomic mass is 9.96. The molecule has 1 aliphatic rings. The summed E-state index contributed by atoms with van der Waals surface area (Å²) in [6.45, 7) is 0.702. The van der Waals surface area contributed by atoms with Gasteiger partial charge in [-0.2, -0.15) is 0 Å². The van der Waals surface area contributed by atoms with E-state index in [1.807, 2.05) is 19.2 Å². The molecule has 0 radical (unpaired) electrons. The second-order valence-electron chi connectivity index (χ2n) is 5.23. The highest BCUT2D eigenvalue weighted by atomic mass is 19.2. The lowest BCUT2D eigenvalue weighted by molar-refractivity contribution is 0.349. The summed E-state index contributed by atoms with van der Waals surface area (Å²) in [5.74, 6) is -0.694. The van der Waals surface area contributed by atoms with E-state index in [1.54, 1.807) is 6.07 Å². The first kappa shape index (κ1) is 14.0. The first-order chi connectivity index (χ1) is 10.2. The van der Waals surface area contributed by atoms with Gasteiger partial charge in [-0.05, 0) is 36.7 Å². The zero-order valence-electron chi connectivity index (χ0n) is 11.8. The maximum absolute atomic E-state index is 13.3. The van der Waals surface area contributed by atoms with Crippen LogP contribution in [0.15, 0.2) is 36.4 Å². The predicted octanol–water partition coefficient (Wildman–Crippen LogP) is 3.40. The molecule has 0 bridgehead atoms. The van der Waals surface area contributed by atoms with Crippen LogP contribution in [-0.4, -0.2) is 13.7 Å². The maximum Gasteiger partial charge on any atom is 0.159 e. The molecule has 2 aromatic rings. The van der Waals surface area contributed by atoms with Gasteiger partial charge in [-0.15, -0.1) is 0 Å². The number of ether oxygens (including phenoxy) is 1. The molecule has 0 aliphatic carbocycles. The topological polar surface area (TPSA) is 21.3 Å². The third-order valence-corrected chi connectivity index (χ3v) is 3.89. The molecular formula is C17H17F2NO. The summed E-state index contributed by atoms with van der Waals surface area (Å²) in [4.78, 5) is 0. The number of nitrogens with one attached hydrogen (secondary N) is 1. The fraction of sp³-hybridized carbons (Fsp3) is 0.294. The molecule has 1 atom stereocenters. The van der Waals surface area contributed by atoms with E-state index in [0.29, 0.717) is 13.0 Å². The number of rotatable bonds is 4. The van der Waals surface area contributed by atoms with Gasteiger partial charge in [0.15, 0.2) is 11.6 Å². The molecule has 1 N–H and O–H groups in total. The van der Waals surface area contributed by atoms with Crippen molar-refractivity contribution in [3.05, 3.63) is 64.7 Å². The molecule has 1 unspecified atom stereocenters. The lowest BCUT2D eigenvalue weighted by Crippen LogP contribution is -2.19. The van der Waals surface area contributed by atoms with Crippen molar-refractivity contribution >= 4 is 0 Å². The molecule has 0 saturated heterocycles. The van der Waals surface area contributed by atoms with Gasteiger partial charge in [-0.1, -0.05) is 24.3 Å². The smallest absolute Gasteiger partial charge is 0.159 e. The number of benzene rings is 2. The van der Waals surface area contributed by atoms with E-state index in [2.05, 4.69) is 11.4 Å². The van der Waals surface area contributed by atoms with Crippen molar-refractivity contribution < 1.29 is 13.5 Å².